The molecule has 64 valence electrons. The molecule has 0 amide bonds. The van der Waals surface area contributed by atoms with E-state index in [1.54, 1.807) is 6.92 Å². The van der Waals surface area contributed by atoms with E-state index in [-0.39, 0.29) is 5.97 Å². The van der Waals surface area contributed by atoms with Crippen molar-refractivity contribution in [2.75, 3.05) is 6.61 Å². The van der Waals surface area contributed by atoms with Gasteiger partial charge in [-0.05, 0) is 19.8 Å². The second kappa shape index (κ2) is 5.70. The zero-order valence-corrected chi connectivity index (χ0v) is 6.83. The second-order valence-corrected chi connectivity index (χ2v) is 2.28. The van der Waals surface area contributed by atoms with Crippen LogP contribution in [0.4, 0.5) is 0 Å². The van der Waals surface area contributed by atoms with Crippen LogP contribution in [0.5, 0.6) is 0 Å². The van der Waals surface area contributed by atoms with E-state index in [2.05, 4.69) is 9.89 Å². The molecule has 0 unspecified atom stereocenters. The maximum Gasteiger partial charge on any atom is 0.302 e. The molecule has 0 aliphatic rings. The molecule has 0 aliphatic carbocycles. The van der Waals surface area contributed by atoms with E-state index in [9.17, 15) is 4.79 Å². The van der Waals surface area contributed by atoms with E-state index >= 15 is 0 Å². The van der Waals surface area contributed by atoms with Crippen LogP contribution >= 0.6 is 0 Å². The van der Waals surface area contributed by atoms with Crippen LogP contribution in [-0.4, -0.2) is 23.5 Å². The summed E-state index contributed by atoms with van der Waals surface area (Å²) in [4.78, 5) is 10.3. The fourth-order valence-corrected chi connectivity index (χ4v) is 0.594. The molecular weight excluding hydrogens is 146 g/mol. The smallest absolute Gasteiger partial charge is 0.302 e. The molecule has 0 rings (SSSR count). The van der Waals surface area contributed by atoms with Crippen LogP contribution in [0.15, 0.2) is 5.16 Å². The van der Waals surface area contributed by atoms with Gasteiger partial charge in [-0.2, -0.15) is 0 Å². The topological polar surface area (TPSA) is 58.9 Å². The van der Waals surface area contributed by atoms with Crippen LogP contribution in [0.1, 0.15) is 26.7 Å². The predicted octanol–water partition coefficient (Wildman–Crippen LogP) is 1.18. The van der Waals surface area contributed by atoms with Gasteiger partial charge in [-0.25, -0.2) is 0 Å². The number of nitrogens with zero attached hydrogens (tertiary/aromatic N) is 1. The summed E-state index contributed by atoms with van der Waals surface area (Å²) in [5.41, 5.74) is 0.650. The molecule has 0 bridgehead atoms. The number of oxime groups is 1. The SMILES string of the molecule is CC(=O)OCCC/C(C)=N\O. The number of carbonyl (C=O) groups excluding carboxylic acids is 1. The van der Waals surface area contributed by atoms with Gasteiger partial charge in [-0.1, -0.05) is 5.16 Å². The van der Waals surface area contributed by atoms with Gasteiger partial charge in [0.25, 0.3) is 0 Å². The van der Waals surface area contributed by atoms with Crippen molar-refractivity contribution in [1.29, 1.82) is 0 Å². The van der Waals surface area contributed by atoms with Crippen molar-refractivity contribution in [2.24, 2.45) is 5.16 Å². The molecule has 0 saturated heterocycles. The van der Waals surface area contributed by atoms with Crippen molar-refractivity contribution in [2.45, 2.75) is 26.7 Å². The minimum atomic E-state index is -0.274. The average Bonchev–Trinajstić information content (AvgIpc) is 1.97. The Balaban J connectivity index is 3.21. The van der Waals surface area contributed by atoms with E-state index in [0.717, 1.165) is 0 Å². The minimum Gasteiger partial charge on any atom is -0.466 e. The molecule has 4 heteroatoms. The van der Waals surface area contributed by atoms with Crippen LogP contribution in [-0.2, 0) is 9.53 Å². The van der Waals surface area contributed by atoms with Crippen molar-refractivity contribution in [3.63, 3.8) is 0 Å². The van der Waals surface area contributed by atoms with Gasteiger partial charge in [-0.3, -0.25) is 4.79 Å². The fourth-order valence-electron chi connectivity index (χ4n) is 0.594. The Morgan fingerprint density at radius 3 is 2.64 bits per heavy atom. The number of hydrogen-bond acceptors (Lipinski definition) is 4. The van der Waals surface area contributed by atoms with E-state index < -0.39 is 0 Å². The highest BCUT2D eigenvalue weighted by Gasteiger charge is 1.94. The number of esters is 1. The maximum absolute atomic E-state index is 10.3. The Labute approximate surface area is 65.8 Å². The first-order chi connectivity index (χ1) is 5.16. The third-order valence-corrected chi connectivity index (χ3v) is 1.16. The van der Waals surface area contributed by atoms with Crippen LogP contribution in [0.2, 0.25) is 0 Å². The summed E-state index contributed by atoms with van der Waals surface area (Å²) in [6, 6.07) is 0. The largest absolute Gasteiger partial charge is 0.466 e. The van der Waals surface area contributed by atoms with Gasteiger partial charge in [0.1, 0.15) is 0 Å². The molecule has 0 fully saturated rings. The third kappa shape index (κ3) is 6.83. The molecule has 1 N–H and O–H groups in total. The molecule has 0 aromatic carbocycles. The first-order valence-electron chi connectivity index (χ1n) is 3.47. The highest BCUT2D eigenvalue weighted by atomic mass is 16.5. The lowest BCUT2D eigenvalue weighted by molar-refractivity contribution is -0.140. The summed E-state index contributed by atoms with van der Waals surface area (Å²) in [5.74, 6) is -0.274. The number of ether oxygens (including phenoxy) is 1. The molecule has 0 aromatic heterocycles. The third-order valence-electron chi connectivity index (χ3n) is 1.16. The van der Waals surface area contributed by atoms with Crippen LogP contribution < -0.4 is 0 Å². The first-order valence-corrected chi connectivity index (χ1v) is 3.47. The standard InChI is InChI=1S/C7H13NO3/c1-6(8-10)4-3-5-11-7(2)9/h10H,3-5H2,1-2H3/b8-6-. The average molecular weight is 159 g/mol. The lowest BCUT2D eigenvalue weighted by Crippen LogP contribution is -2.02. The Kier molecular flexibility index (Phi) is 5.15. The number of hydrogen-bond donors (Lipinski definition) is 1. The van der Waals surface area contributed by atoms with Crippen molar-refractivity contribution in [3.8, 4) is 0 Å². The van der Waals surface area contributed by atoms with Crippen molar-refractivity contribution >= 4 is 11.7 Å². The highest BCUT2D eigenvalue weighted by molar-refractivity contribution is 5.81. The highest BCUT2D eigenvalue weighted by Crippen LogP contribution is 1.93. The van der Waals surface area contributed by atoms with Crippen LogP contribution in [0.25, 0.3) is 0 Å². The first kappa shape index (κ1) is 9.94. The zero-order chi connectivity index (χ0) is 8.69. The van der Waals surface area contributed by atoms with Crippen LogP contribution in [0.3, 0.4) is 0 Å². The Morgan fingerprint density at radius 2 is 2.18 bits per heavy atom. The van der Waals surface area contributed by atoms with Crippen molar-refractivity contribution in [1.82, 2.24) is 0 Å². The van der Waals surface area contributed by atoms with Gasteiger partial charge in [0.15, 0.2) is 0 Å². The monoisotopic (exact) mass is 159 g/mol. The molecule has 0 atom stereocenters. The molecule has 0 spiro atoms. The Hall–Kier alpha value is -1.06. The predicted molar refractivity (Wildman–Crippen MR) is 40.8 cm³/mol. The van der Waals surface area contributed by atoms with Gasteiger partial charge in [0, 0.05) is 6.92 Å². The molecule has 0 aliphatic heterocycles. The molecule has 0 saturated carbocycles. The summed E-state index contributed by atoms with van der Waals surface area (Å²) in [6.07, 6.45) is 1.36. The van der Waals surface area contributed by atoms with Crippen LogP contribution in [0, 0.1) is 0 Å². The lowest BCUT2D eigenvalue weighted by atomic mass is 10.2. The summed E-state index contributed by atoms with van der Waals surface area (Å²) >= 11 is 0. The Morgan fingerprint density at radius 1 is 1.55 bits per heavy atom. The fraction of sp³-hybridized carbons (Fsp3) is 0.714. The Bertz CT molecular complexity index is 154. The van der Waals surface area contributed by atoms with Gasteiger partial charge in [0.2, 0.25) is 0 Å². The van der Waals surface area contributed by atoms with Gasteiger partial charge < -0.3 is 9.94 Å². The zero-order valence-electron chi connectivity index (χ0n) is 6.83. The molecule has 11 heavy (non-hydrogen) atoms. The minimum absolute atomic E-state index is 0.274. The molecule has 0 aromatic rings. The normalized spacial score (nSPS) is 11.3. The van der Waals surface area contributed by atoms with E-state index in [1.165, 1.54) is 6.92 Å². The van der Waals surface area contributed by atoms with Gasteiger partial charge in [0.05, 0.1) is 12.3 Å². The number of rotatable bonds is 4. The van der Waals surface area contributed by atoms with E-state index in [1.807, 2.05) is 0 Å². The summed E-state index contributed by atoms with van der Waals surface area (Å²) in [6.45, 7) is 3.48. The summed E-state index contributed by atoms with van der Waals surface area (Å²) in [7, 11) is 0. The summed E-state index contributed by atoms with van der Waals surface area (Å²) in [5, 5.41) is 11.2. The van der Waals surface area contributed by atoms with Gasteiger partial charge in [-0.15, -0.1) is 0 Å². The van der Waals surface area contributed by atoms with Gasteiger partial charge >= 0.3 is 5.97 Å². The second-order valence-electron chi connectivity index (χ2n) is 2.28. The number of carbonyl (C=O) groups is 1. The quantitative estimate of drug-likeness (QED) is 0.220. The molecule has 0 radical (unpaired) electrons. The van der Waals surface area contributed by atoms with E-state index in [4.69, 9.17) is 5.21 Å². The molecular formula is C7H13NO3. The summed E-state index contributed by atoms with van der Waals surface area (Å²) < 4.78 is 4.66. The maximum atomic E-state index is 10.3. The molecule has 0 heterocycles. The van der Waals surface area contributed by atoms with Crippen molar-refractivity contribution < 1.29 is 14.7 Å². The molecule has 4 nitrogen and oxygen atoms in total. The van der Waals surface area contributed by atoms with E-state index in [0.29, 0.717) is 25.2 Å². The lowest BCUT2D eigenvalue weighted by Gasteiger charge is -1.99. The van der Waals surface area contributed by atoms with Crippen molar-refractivity contribution in [3.05, 3.63) is 0 Å².